The molecule has 5 nitrogen and oxygen atoms in total. The van der Waals surface area contributed by atoms with Gasteiger partial charge in [0.15, 0.2) is 0 Å². The van der Waals surface area contributed by atoms with Crippen LogP contribution in [-0.4, -0.2) is 33.7 Å². The molecule has 1 aromatic heterocycles. The lowest BCUT2D eigenvalue weighted by Gasteiger charge is -2.35. The smallest absolute Gasteiger partial charge is 0.318 e. The summed E-state index contributed by atoms with van der Waals surface area (Å²) in [6.45, 7) is 2.80. The number of urea groups is 1. The number of likely N-dealkylation sites (tertiary alicyclic amines) is 1. The van der Waals surface area contributed by atoms with E-state index in [0.29, 0.717) is 0 Å². The molecule has 3 rings (SSSR count). The Kier molecular flexibility index (Phi) is 5.45. The number of aromatic amines is 1. The van der Waals surface area contributed by atoms with Crippen molar-refractivity contribution in [1.29, 1.82) is 0 Å². The number of hydrogen-bond donors (Lipinski definition) is 2. The summed E-state index contributed by atoms with van der Waals surface area (Å²) in [6.07, 6.45) is 8.75. The highest BCUT2D eigenvalue weighted by molar-refractivity contribution is 7.98. The van der Waals surface area contributed by atoms with Gasteiger partial charge >= 0.3 is 6.03 Å². The molecule has 128 valence electrons. The van der Waals surface area contributed by atoms with Gasteiger partial charge in [0, 0.05) is 23.8 Å². The van der Waals surface area contributed by atoms with Crippen molar-refractivity contribution in [1.82, 2.24) is 20.2 Å². The van der Waals surface area contributed by atoms with Crippen LogP contribution in [0.5, 0.6) is 0 Å². The van der Waals surface area contributed by atoms with Gasteiger partial charge in [-0.15, -0.1) is 11.8 Å². The van der Waals surface area contributed by atoms with Gasteiger partial charge in [-0.05, 0) is 50.1 Å². The Balaban J connectivity index is 1.67. The van der Waals surface area contributed by atoms with E-state index in [2.05, 4.69) is 45.8 Å². The van der Waals surface area contributed by atoms with Gasteiger partial charge in [0.1, 0.15) is 5.82 Å². The van der Waals surface area contributed by atoms with Gasteiger partial charge in [-0.1, -0.05) is 12.1 Å². The maximum absolute atomic E-state index is 12.8. The Morgan fingerprint density at radius 2 is 2.17 bits per heavy atom. The lowest BCUT2D eigenvalue weighted by molar-refractivity contribution is 0.145. The highest BCUT2D eigenvalue weighted by atomic mass is 32.2. The van der Waals surface area contributed by atoms with Crippen molar-refractivity contribution in [3.8, 4) is 0 Å². The lowest BCUT2D eigenvalue weighted by Crippen LogP contribution is -2.45. The molecule has 1 aliphatic heterocycles. The number of benzene rings is 1. The fourth-order valence-corrected chi connectivity index (χ4v) is 3.57. The molecule has 0 spiro atoms. The summed E-state index contributed by atoms with van der Waals surface area (Å²) in [6, 6.07) is 8.35. The largest absolute Gasteiger partial charge is 0.347 e. The first kappa shape index (κ1) is 16.9. The van der Waals surface area contributed by atoms with Crippen LogP contribution < -0.4 is 5.32 Å². The summed E-state index contributed by atoms with van der Waals surface area (Å²) in [5.41, 5.74) is 1.12. The number of amides is 2. The van der Waals surface area contributed by atoms with Gasteiger partial charge in [0.2, 0.25) is 0 Å². The van der Waals surface area contributed by atoms with Gasteiger partial charge in [0.05, 0.1) is 12.1 Å². The molecule has 2 amide bonds. The Morgan fingerprint density at radius 1 is 1.38 bits per heavy atom. The number of hydrogen-bond acceptors (Lipinski definition) is 3. The zero-order valence-corrected chi connectivity index (χ0v) is 15.0. The van der Waals surface area contributed by atoms with E-state index < -0.39 is 0 Å². The zero-order chi connectivity index (χ0) is 16.9. The first-order valence-electron chi connectivity index (χ1n) is 8.39. The molecule has 1 saturated heterocycles. The Labute approximate surface area is 147 Å². The highest BCUT2D eigenvalue weighted by Gasteiger charge is 2.30. The van der Waals surface area contributed by atoms with E-state index >= 15 is 0 Å². The van der Waals surface area contributed by atoms with Crippen molar-refractivity contribution >= 4 is 17.8 Å². The lowest BCUT2D eigenvalue weighted by atomic mass is 10.0. The number of nitrogens with one attached hydrogen (secondary N) is 2. The van der Waals surface area contributed by atoms with E-state index in [1.807, 2.05) is 18.0 Å². The van der Waals surface area contributed by atoms with Crippen molar-refractivity contribution in [3.05, 3.63) is 48.0 Å². The first-order chi connectivity index (χ1) is 11.7. The number of carbonyl (C=O) groups is 1. The van der Waals surface area contributed by atoms with Crippen molar-refractivity contribution in [2.24, 2.45) is 0 Å². The summed E-state index contributed by atoms with van der Waals surface area (Å²) in [4.78, 5) is 23.4. The van der Waals surface area contributed by atoms with Gasteiger partial charge in [-0.3, -0.25) is 0 Å². The van der Waals surface area contributed by atoms with E-state index in [0.717, 1.165) is 37.2 Å². The maximum atomic E-state index is 12.8. The fraction of sp³-hybridized carbons (Fsp3) is 0.444. The zero-order valence-electron chi connectivity index (χ0n) is 14.2. The van der Waals surface area contributed by atoms with Gasteiger partial charge < -0.3 is 15.2 Å². The average molecular weight is 344 g/mol. The Hall–Kier alpha value is -1.95. The molecule has 2 atom stereocenters. The number of H-pyrrole nitrogens is 1. The molecule has 6 heteroatoms. The summed E-state index contributed by atoms with van der Waals surface area (Å²) >= 11 is 1.72. The van der Waals surface area contributed by atoms with Gasteiger partial charge in [-0.2, -0.15) is 0 Å². The number of aromatic nitrogens is 2. The minimum atomic E-state index is -0.0208. The monoisotopic (exact) mass is 344 g/mol. The number of nitrogens with zero attached hydrogens (tertiary/aromatic N) is 2. The minimum absolute atomic E-state index is 0.0162. The molecule has 0 bridgehead atoms. The van der Waals surface area contributed by atoms with Crippen molar-refractivity contribution in [3.63, 3.8) is 0 Å². The highest BCUT2D eigenvalue weighted by Crippen LogP contribution is 2.29. The number of piperidine rings is 1. The summed E-state index contributed by atoms with van der Waals surface area (Å²) in [5, 5.41) is 3.13. The SMILES string of the molecule is CSc1ccc([C@@H](C)NC(=O)N2CCCCC2c2ncc[nH]2)cc1. The molecule has 1 unspecified atom stereocenters. The molecule has 24 heavy (non-hydrogen) atoms. The van der Waals surface area contributed by atoms with Crippen LogP contribution in [0.3, 0.4) is 0 Å². The molecule has 1 aromatic carbocycles. The Bertz CT molecular complexity index is 656. The third-order valence-corrected chi connectivity index (χ3v) is 5.30. The molecule has 0 aliphatic carbocycles. The van der Waals surface area contributed by atoms with Crippen molar-refractivity contribution in [2.75, 3.05) is 12.8 Å². The van der Waals surface area contributed by atoms with Crippen LogP contribution in [0.25, 0.3) is 0 Å². The predicted octanol–water partition coefficient (Wildman–Crippen LogP) is 4.13. The Morgan fingerprint density at radius 3 is 2.83 bits per heavy atom. The van der Waals surface area contributed by atoms with Crippen LogP contribution >= 0.6 is 11.8 Å². The number of carbonyl (C=O) groups excluding carboxylic acids is 1. The van der Waals surface area contributed by atoms with E-state index in [4.69, 9.17) is 0 Å². The number of rotatable bonds is 4. The van der Waals surface area contributed by atoms with Crippen LogP contribution in [-0.2, 0) is 0 Å². The van der Waals surface area contributed by atoms with E-state index in [1.165, 1.54) is 4.90 Å². The van der Waals surface area contributed by atoms with Crippen LogP contribution in [0.15, 0.2) is 41.6 Å². The topological polar surface area (TPSA) is 61.0 Å². The van der Waals surface area contributed by atoms with Crippen molar-refractivity contribution < 1.29 is 4.79 Å². The first-order valence-corrected chi connectivity index (χ1v) is 9.62. The standard InChI is InChI=1S/C18H24N4OS/c1-13(14-6-8-15(24-2)9-7-14)21-18(23)22-12-4-3-5-16(22)17-19-10-11-20-17/h6-11,13,16H,3-5,12H2,1-2H3,(H,19,20)(H,21,23)/t13-,16?/m1/s1. The molecule has 0 saturated carbocycles. The molecule has 2 aromatic rings. The summed E-state index contributed by atoms with van der Waals surface area (Å²) in [7, 11) is 0. The van der Waals surface area contributed by atoms with Gasteiger partial charge in [0.25, 0.3) is 0 Å². The fourth-order valence-electron chi connectivity index (χ4n) is 3.16. The summed E-state index contributed by atoms with van der Waals surface area (Å²) in [5.74, 6) is 0.877. The quantitative estimate of drug-likeness (QED) is 0.820. The summed E-state index contributed by atoms with van der Waals surface area (Å²) < 4.78 is 0. The second-order valence-corrected chi connectivity index (χ2v) is 7.00. The van der Waals surface area contributed by atoms with Crippen LogP contribution in [0.2, 0.25) is 0 Å². The second kappa shape index (κ2) is 7.75. The van der Waals surface area contributed by atoms with Crippen LogP contribution in [0.1, 0.15) is 49.7 Å². The van der Waals surface area contributed by atoms with E-state index in [9.17, 15) is 4.79 Å². The molecule has 1 fully saturated rings. The third kappa shape index (κ3) is 3.75. The minimum Gasteiger partial charge on any atom is -0.347 e. The van der Waals surface area contributed by atoms with E-state index in [1.54, 1.807) is 18.0 Å². The normalized spacial score (nSPS) is 19.1. The molecule has 1 aliphatic rings. The van der Waals surface area contributed by atoms with Crippen LogP contribution in [0, 0.1) is 0 Å². The van der Waals surface area contributed by atoms with E-state index in [-0.39, 0.29) is 18.1 Å². The second-order valence-electron chi connectivity index (χ2n) is 6.12. The molecular weight excluding hydrogens is 320 g/mol. The van der Waals surface area contributed by atoms with Crippen molar-refractivity contribution in [2.45, 2.75) is 43.2 Å². The number of imidazole rings is 1. The molecule has 2 N–H and O–H groups in total. The third-order valence-electron chi connectivity index (χ3n) is 4.55. The molecular formula is C18H24N4OS. The molecule has 0 radical (unpaired) electrons. The number of thioether (sulfide) groups is 1. The maximum Gasteiger partial charge on any atom is 0.318 e. The van der Waals surface area contributed by atoms with Crippen LogP contribution in [0.4, 0.5) is 4.79 Å². The average Bonchev–Trinajstić information content (AvgIpc) is 3.16. The molecule has 2 heterocycles. The van der Waals surface area contributed by atoms with Gasteiger partial charge in [-0.25, -0.2) is 9.78 Å². The predicted molar refractivity (Wildman–Crippen MR) is 97.1 cm³/mol.